The molecule has 5 unspecified atom stereocenters. The van der Waals surface area contributed by atoms with E-state index in [-0.39, 0.29) is 11.5 Å². The first-order valence-electron chi connectivity index (χ1n) is 7.49. The summed E-state index contributed by atoms with van der Waals surface area (Å²) in [6.07, 6.45) is -1.39. The number of aliphatic hydroxyl groups excluding tert-OH is 2. The number of hydrogen-bond donors (Lipinski definition) is 9. The second kappa shape index (κ2) is 12.0. The Balaban J connectivity index is 5.06. The summed E-state index contributed by atoms with van der Waals surface area (Å²) in [7, 11) is 0. The number of nitrogens with two attached hydrogens (primary N) is 1. The Hall–Kier alpha value is -1.54. The summed E-state index contributed by atoms with van der Waals surface area (Å²) in [5.74, 6) is -4.08. The number of thiol groups is 2. The molecule has 0 aliphatic rings. The molecule has 150 valence electrons. The molecule has 0 heterocycles. The lowest BCUT2D eigenvalue weighted by atomic mass is 10.1. The van der Waals surface area contributed by atoms with Gasteiger partial charge in [0, 0.05) is 11.5 Å². The molecule has 0 saturated carbocycles. The number of aliphatic hydroxyl groups is 2. The normalized spacial score (nSPS) is 16.5. The van der Waals surface area contributed by atoms with Crippen molar-refractivity contribution in [2.75, 3.05) is 18.1 Å². The van der Waals surface area contributed by atoms with Crippen LogP contribution in [-0.2, 0) is 19.2 Å². The monoisotopic (exact) mass is 412 g/mol. The second-order valence-electron chi connectivity index (χ2n) is 5.34. The summed E-state index contributed by atoms with van der Waals surface area (Å²) in [4.78, 5) is 46.9. The first-order valence-corrected chi connectivity index (χ1v) is 8.75. The van der Waals surface area contributed by atoms with E-state index in [1.54, 1.807) is 0 Å². The number of carbonyl (C=O) groups excluding carboxylic acids is 3. The maximum atomic E-state index is 12.2. The third-order valence-corrected chi connectivity index (χ3v) is 3.97. The van der Waals surface area contributed by atoms with E-state index in [2.05, 4.69) is 35.9 Å². The van der Waals surface area contributed by atoms with Crippen LogP contribution in [0.25, 0.3) is 0 Å². The highest BCUT2D eigenvalue weighted by molar-refractivity contribution is 7.80. The minimum Gasteiger partial charge on any atom is -0.480 e. The van der Waals surface area contributed by atoms with Gasteiger partial charge in [-0.25, -0.2) is 4.79 Å². The van der Waals surface area contributed by atoms with Gasteiger partial charge in [-0.15, -0.1) is 0 Å². The summed E-state index contributed by atoms with van der Waals surface area (Å²) >= 11 is 7.81. The van der Waals surface area contributed by atoms with Crippen molar-refractivity contribution in [1.82, 2.24) is 16.0 Å². The van der Waals surface area contributed by atoms with Gasteiger partial charge in [0.25, 0.3) is 0 Å². The molecular weight excluding hydrogens is 388 g/mol. The Morgan fingerprint density at radius 3 is 1.88 bits per heavy atom. The van der Waals surface area contributed by atoms with Crippen LogP contribution in [-0.4, -0.2) is 87.4 Å². The summed E-state index contributed by atoms with van der Waals surface area (Å²) < 4.78 is 0. The highest BCUT2D eigenvalue weighted by atomic mass is 32.1. The molecule has 0 aromatic carbocycles. The van der Waals surface area contributed by atoms with Crippen LogP contribution >= 0.6 is 25.3 Å². The van der Waals surface area contributed by atoms with Crippen molar-refractivity contribution < 1.29 is 34.5 Å². The molecule has 0 saturated heterocycles. The fourth-order valence-electron chi connectivity index (χ4n) is 1.66. The third-order valence-electron chi connectivity index (χ3n) is 3.21. The van der Waals surface area contributed by atoms with Gasteiger partial charge in [-0.3, -0.25) is 14.4 Å². The van der Waals surface area contributed by atoms with Gasteiger partial charge in [-0.2, -0.15) is 25.3 Å². The van der Waals surface area contributed by atoms with E-state index in [0.29, 0.717) is 0 Å². The first-order chi connectivity index (χ1) is 12.1. The van der Waals surface area contributed by atoms with E-state index in [9.17, 15) is 24.3 Å². The van der Waals surface area contributed by atoms with Crippen molar-refractivity contribution in [3.8, 4) is 0 Å². The largest absolute Gasteiger partial charge is 0.480 e. The van der Waals surface area contributed by atoms with Crippen LogP contribution in [0.3, 0.4) is 0 Å². The average Bonchev–Trinajstić information content (AvgIpc) is 2.59. The Morgan fingerprint density at radius 1 is 0.962 bits per heavy atom. The minimum atomic E-state index is -1.60. The highest BCUT2D eigenvalue weighted by Crippen LogP contribution is 1.99. The van der Waals surface area contributed by atoms with Crippen LogP contribution < -0.4 is 21.7 Å². The lowest BCUT2D eigenvalue weighted by Crippen LogP contribution is -2.60. The number of aliphatic carboxylic acids is 1. The summed E-state index contributed by atoms with van der Waals surface area (Å²) in [5.41, 5.74) is 5.49. The molecule has 13 heteroatoms. The van der Waals surface area contributed by atoms with E-state index in [4.69, 9.17) is 15.9 Å². The molecule has 0 spiro atoms. The number of hydrogen-bond acceptors (Lipinski definition) is 9. The maximum absolute atomic E-state index is 12.2. The van der Waals surface area contributed by atoms with Crippen molar-refractivity contribution in [3.05, 3.63) is 0 Å². The molecule has 0 aromatic rings. The summed E-state index contributed by atoms with van der Waals surface area (Å²) in [6, 6.07) is -5.23. The van der Waals surface area contributed by atoms with Crippen molar-refractivity contribution >= 4 is 48.9 Å². The number of rotatable bonds is 11. The molecule has 3 amide bonds. The van der Waals surface area contributed by atoms with Crippen LogP contribution in [0.5, 0.6) is 0 Å². The molecule has 0 rings (SSSR count). The zero-order chi connectivity index (χ0) is 20.4. The maximum Gasteiger partial charge on any atom is 0.328 e. The predicted molar refractivity (Wildman–Crippen MR) is 97.9 cm³/mol. The smallest absolute Gasteiger partial charge is 0.328 e. The SMILES string of the molecule is CC(O)C(NC(=O)C(CS)NC(=O)C(N)CS)C(=O)NC(CO)C(=O)O. The number of carboxylic acid groups (broad SMARTS) is 1. The fourth-order valence-corrected chi connectivity index (χ4v) is 2.08. The molecule has 0 bridgehead atoms. The number of nitrogens with one attached hydrogen (secondary N) is 3. The van der Waals surface area contributed by atoms with Crippen LogP contribution in [0.4, 0.5) is 0 Å². The van der Waals surface area contributed by atoms with E-state index in [1.165, 1.54) is 6.92 Å². The van der Waals surface area contributed by atoms with Gasteiger partial charge in [-0.1, -0.05) is 0 Å². The Bertz CT molecular complexity index is 521. The van der Waals surface area contributed by atoms with Crippen molar-refractivity contribution in [2.45, 2.75) is 37.2 Å². The lowest BCUT2D eigenvalue weighted by Gasteiger charge is -2.25. The molecule has 11 nitrogen and oxygen atoms in total. The highest BCUT2D eigenvalue weighted by Gasteiger charge is 2.32. The van der Waals surface area contributed by atoms with Gasteiger partial charge in [0.2, 0.25) is 17.7 Å². The van der Waals surface area contributed by atoms with Gasteiger partial charge >= 0.3 is 5.97 Å². The van der Waals surface area contributed by atoms with Crippen LogP contribution in [0, 0.1) is 0 Å². The zero-order valence-electron chi connectivity index (χ0n) is 14.0. The minimum absolute atomic E-state index is 0.0448. The Kier molecular flexibility index (Phi) is 11.2. The van der Waals surface area contributed by atoms with Crippen LogP contribution in [0.15, 0.2) is 0 Å². The van der Waals surface area contributed by atoms with Crippen molar-refractivity contribution in [3.63, 3.8) is 0 Å². The molecule has 26 heavy (non-hydrogen) atoms. The van der Waals surface area contributed by atoms with Gasteiger partial charge < -0.3 is 37.0 Å². The molecule has 0 fully saturated rings. The fraction of sp³-hybridized carbons (Fsp3) is 0.692. The molecule has 8 N–H and O–H groups in total. The van der Waals surface area contributed by atoms with Crippen molar-refractivity contribution in [1.29, 1.82) is 0 Å². The van der Waals surface area contributed by atoms with Gasteiger partial charge in [0.05, 0.1) is 18.8 Å². The average molecular weight is 412 g/mol. The molecule has 5 atom stereocenters. The Morgan fingerprint density at radius 2 is 1.50 bits per heavy atom. The van der Waals surface area contributed by atoms with Gasteiger partial charge in [-0.05, 0) is 6.92 Å². The number of amides is 3. The number of carboxylic acids is 1. The standard InChI is InChI=1S/C13H24N4O7S2/c1-5(19)9(12(22)15-7(2-18)13(23)24)17-11(21)8(4-26)16-10(20)6(14)3-25/h5-9,18-19,25-26H,2-4,14H2,1H3,(H,15,22)(H,16,20)(H,17,21)(H,23,24). The first kappa shape index (κ1) is 24.5. The lowest BCUT2D eigenvalue weighted by molar-refractivity contribution is -0.144. The van der Waals surface area contributed by atoms with E-state index >= 15 is 0 Å². The topological polar surface area (TPSA) is 191 Å². The quantitative estimate of drug-likeness (QED) is 0.154. The van der Waals surface area contributed by atoms with E-state index in [1.807, 2.05) is 5.32 Å². The summed E-state index contributed by atoms with van der Waals surface area (Å²) in [6.45, 7) is 0.322. The van der Waals surface area contributed by atoms with E-state index in [0.717, 1.165) is 0 Å². The molecular formula is C13H24N4O7S2. The summed E-state index contributed by atoms with van der Waals surface area (Å²) in [5, 5.41) is 33.9. The van der Waals surface area contributed by atoms with Crippen LogP contribution in [0.1, 0.15) is 6.92 Å². The predicted octanol–water partition coefficient (Wildman–Crippen LogP) is -3.91. The van der Waals surface area contributed by atoms with Crippen molar-refractivity contribution in [2.24, 2.45) is 5.73 Å². The molecule has 0 aromatic heterocycles. The van der Waals surface area contributed by atoms with Gasteiger partial charge in [0.15, 0.2) is 0 Å². The molecule has 0 aliphatic carbocycles. The zero-order valence-corrected chi connectivity index (χ0v) is 15.7. The third kappa shape index (κ3) is 7.78. The van der Waals surface area contributed by atoms with Gasteiger partial charge in [0.1, 0.15) is 18.1 Å². The molecule has 0 aliphatic heterocycles. The number of carbonyl (C=O) groups is 4. The second-order valence-corrected chi connectivity index (χ2v) is 6.07. The van der Waals surface area contributed by atoms with Crippen LogP contribution in [0.2, 0.25) is 0 Å². The van der Waals surface area contributed by atoms with E-state index < -0.39 is 60.6 Å². The Labute approximate surface area is 160 Å². The molecule has 0 radical (unpaired) electrons.